The van der Waals surface area contributed by atoms with Crippen LogP contribution >= 0.6 is 0 Å². The molecule has 0 fully saturated rings. The molecule has 0 saturated heterocycles. The van der Waals surface area contributed by atoms with Gasteiger partial charge in [0.25, 0.3) is 11.9 Å². The van der Waals surface area contributed by atoms with Gasteiger partial charge in [0.1, 0.15) is 11.8 Å². The second kappa shape index (κ2) is 10.7. The summed E-state index contributed by atoms with van der Waals surface area (Å²) in [6.07, 6.45) is 0.476. The molecule has 6 nitrogen and oxygen atoms in total. The van der Waals surface area contributed by atoms with E-state index in [4.69, 9.17) is 13.9 Å². The minimum atomic E-state index is -0.725. The van der Waals surface area contributed by atoms with Crippen molar-refractivity contribution in [1.29, 1.82) is 0 Å². The fourth-order valence-electron chi connectivity index (χ4n) is 2.75. The highest BCUT2D eigenvalue weighted by atomic mass is 16.6. The molecule has 1 heterocycles. The molecule has 2 aromatic rings. The van der Waals surface area contributed by atoms with Crippen molar-refractivity contribution in [3.05, 3.63) is 47.2 Å². The molecule has 2 rings (SSSR count). The summed E-state index contributed by atoms with van der Waals surface area (Å²) in [5, 5.41) is 2.67. The van der Waals surface area contributed by atoms with Crippen molar-refractivity contribution in [1.82, 2.24) is 5.32 Å². The minimum absolute atomic E-state index is 0. The van der Waals surface area contributed by atoms with Gasteiger partial charge in [-0.15, -0.1) is 0 Å². The second-order valence-corrected chi connectivity index (χ2v) is 7.58. The summed E-state index contributed by atoms with van der Waals surface area (Å²) in [6, 6.07) is 8.42. The van der Waals surface area contributed by atoms with Gasteiger partial charge in [-0.2, -0.15) is 0 Å². The van der Waals surface area contributed by atoms with Gasteiger partial charge in [-0.3, -0.25) is 4.79 Å². The fourth-order valence-corrected chi connectivity index (χ4v) is 2.75. The van der Waals surface area contributed by atoms with Gasteiger partial charge < -0.3 is 19.2 Å². The number of aryl methyl sites for hydroxylation is 1. The first-order chi connectivity index (χ1) is 13.2. The molecule has 0 bridgehead atoms. The van der Waals surface area contributed by atoms with Crippen LogP contribution in [-0.4, -0.2) is 25.0 Å². The van der Waals surface area contributed by atoms with Crippen LogP contribution in [0.2, 0.25) is 0 Å². The van der Waals surface area contributed by atoms with E-state index in [9.17, 15) is 9.59 Å². The van der Waals surface area contributed by atoms with Gasteiger partial charge in [0.05, 0.1) is 7.11 Å². The Morgan fingerprint density at radius 1 is 1.10 bits per heavy atom. The van der Waals surface area contributed by atoms with E-state index in [1.807, 2.05) is 32.9 Å². The lowest BCUT2D eigenvalue weighted by Crippen LogP contribution is -2.42. The number of methoxy groups -OCH3 is 1. The van der Waals surface area contributed by atoms with Crippen molar-refractivity contribution in [2.75, 3.05) is 7.11 Å². The smallest absolute Gasteiger partial charge is 0.328 e. The first kappa shape index (κ1) is 24.3. The lowest BCUT2D eigenvalue weighted by molar-refractivity contribution is -0.143. The Morgan fingerprint density at radius 2 is 1.79 bits per heavy atom. The Bertz CT molecular complexity index is 822. The van der Waals surface area contributed by atoms with Crippen molar-refractivity contribution >= 4 is 11.9 Å². The van der Waals surface area contributed by atoms with Gasteiger partial charge in [-0.1, -0.05) is 47.3 Å². The van der Waals surface area contributed by atoms with Crippen LogP contribution in [0.15, 0.2) is 34.7 Å². The zero-order valence-electron chi connectivity index (χ0n) is 17.4. The molecular formula is C23H33NO5. The van der Waals surface area contributed by atoms with Gasteiger partial charge in [0, 0.05) is 6.07 Å². The molecule has 0 aliphatic carbocycles. The first-order valence-corrected chi connectivity index (χ1v) is 9.48. The number of hydrogen-bond donors (Lipinski definition) is 1. The lowest BCUT2D eigenvalue weighted by Gasteiger charge is -2.17. The molecule has 160 valence electrons. The number of carbonyl (C=O) groups is 2. The fraction of sp³-hybridized carbons (Fsp3) is 0.478. The van der Waals surface area contributed by atoms with Crippen LogP contribution in [0, 0.1) is 12.8 Å². The van der Waals surface area contributed by atoms with Gasteiger partial charge in [0.2, 0.25) is 0 Å². The van der Waals surface area contributed by atoms with E-state index in [1.165, 1.54) is 13.2 Å². The summed E-state index contributed by atoms with van der Waals surface area (Å²) in [7, 11) is 1.30. The maximum atomic E-state index is 12.5. The maximum Gasteiger partial charge on any atom is 0.328 e. The first-order valence-electron chi connectivity index (χ1n) is 9.48. The van der Waals surface area contributed by atoms with E-state index in [0.29, 0.717) is 18.1 Å². The highest BCUT2D eigenvalue weighted by Gasteiger charge is 2.24. The molecule has 0 saturated carbocycles. The van der Waals surface area contributed by atoms with Crippen molar-refractivity contribution in [3.8, 4) is 11.7 Å². The van der Waals surface area contributed by atoms with E-state index < -0.39 is 17.9 Å². The molecule has 1 aromatic carbocycles. The monoisotopic (exact) mass is 403 g/mol. The molecule has 1 unspecified atom stereocenters. The molecule has 1 atom stereocenters. The maximum absolute atomic E-state index is 12.5. The lowest BCUT2D eigenvalue weighted by atomic mass is 10.0. The highest BCUT2D eigenvalue weighted by molar-refractivity contribution is 5.94. The SMILES string of the molecule is C.COC(=O)C(CC(C)C)NC(=O)c1ccc(Oc2cc(C(C)C)ccc2C)o1. The Labute approximate surface area is 173 Å². The van der Waals surface area contributed by atoms with Crippen LogP contribution in [0.3, 0.4) is 0 Å². The van der Waals surface area contributed by atoms with Crippen molar-refractivity contribution in [2.24, 2.45) is 5.92 Å². The van der Waals surface area contributed by atoms with Gasteiger partial charge in [-0.05, 0) is 48.4 Å². The second-order valence-electron chi connectivity index (χ2n) is 7.58. The summed E-state index contributed by atoms with van der Waals surface area (Å²) in [6.45, 7) is 10.1. The Balaban J connectivity index is 0.00000420. The quantitative estimate of drug-likeness (QED) is 0.592. The van der Waals surface area contributed by atoms with E-state index in [0.717, 1.165) is 11.1 Å². The van der Waals surface area contributed by atoms with E-state index in [2.05, 4.69) is 25.2 Å². The Morgan fingerprint density at radius 3 is 2.38 bits per heavy atom. The summed E-state index contributed by atoms with van der Waals surface area (Å²) < 4.78 is 16.1. The number of hydrogen-bond acceptors (Lipinski definition) is 5. The number of carbonyl (C=O) groups excluding carboxylic acids is 2. The zero-order chi connectivity index (χ0) is 20.8. The minimum Gasteiger partial charge on any atom is -0.467 e. The normalized spacial score (nSPS) is 11.7. The Kier molecular flexibility index (Phi) is 8.95. The standard InChI is InChI=1S/C22H29NO5.CH4/c1-13(2)11-17(22(25)26-6)23-21(24)18-9-10-20(27-18)28-19-12-16(14(3)4)8-7-15(19)5;/h7-10,12-14,17H,11H2,1-6H3,(H,23,24);1H4. The summed E-state index contributed by atoms with van der Waals surface area (Å²) in [4.78, 5) is 24.4. The zero-order valence-corrected chi connectivity index (χ0v) is 17.4. The summed E-state index contributed by atoms with van der Waals surface area (Å²) in [5.74, 6) is 0.593. The third-order valence-electron chi connectivity index (χ3n) is 4.39. The molecule has 6 heteroatoms. The molecule has 1 amide bonds. The van der Waals surface area contributed by atoms with Crippen LogP contribution in [-0.2, 0) is 9.53 Å². The van der Waals surface area contributed by atoms with Crippen LogP contribution in [0.4, 0.5) is 0 Å². The predicted molar refractivity (Wildman–Crippen MR) is 114 cm³/mol. The number of nitrogens with one attached hydrogen (secondary N) is 1. The number of esters is 1. The van der Waals surface area contributed by atoms with Crippen LogP contribution in [0.1, 0.15) is 69.1 Å². The molecule has 0 aliphatic heterocycles. The third-order valence-corrected chi connectivity index (χ3v) is 4.39. The summed E-state index contributed by atoms with van der Waals surface area (Å²) >= 11 is 0. The predicted octanol–water partition coefficient (Wildman–Crippen LogP) is 5.46. The van der Waals surface area contributed by atoms with E-state index >= 15 is 0 Å². The molecule has 0 aliphatic rings. The van der Waals surface area contributed by atoms with Crippen molar-refractivity contribution < 1.29 is 23.5 Å². The average molecular weight is 404 g/mol. The van der Waals surface area contributed by atoms with Gasteiger partial charge >= 0.3 is 5.97 Å². The molecule has 0 spiro atoms. The Hall–Kier alpha value is -2.76. The number of ether oxygens (including phenoxy) is 2. The molecule has 29 heavy (non-hydrogen) atoms. The van der Waals surface area contributed by atoms with Crippen molar-refractivity contribution in [2.45, 2.75) is 60.4 Å². The number of furan rings is 1. The van der Waals surface area contributed by atoms with Crippen LogP contribution in [0.25, 0.3) is 0 Å². The third kappa shape index (κ3) is 6.66. The summed E-state index contributed by atoms with van der Waals surface area (Å²) in [5.41, 5.74) is 2.12. The van der Waals surface area contributed by atoms with Crippen LogP contribution < -0.4 is 10.1 Å². The number of benzene rings is 1. The van der Waals surface area contributed by atoms with Crippen molar-refractivity contribution in [3.63, 3.8) is 0 Å². The molecule has 1 N–H and O–H groups in total. The average Bonchev–Trinajstić information content (AvgIpc) is 3.10. The van der Waals surface area contributed by atoms with Gasteiger partial charge in [-0.25, -0.2) is 4.79 Å². The largest absolute Gasteiger partial charge is 0.467 e. The molecule has 0 radical (unpaired) electrons. The van der Waals surface area contributed by atoms with Gasteiger partial charge in [0.15, 0.2) is 5.76 Å². The number of rotatable bonds is 8. The molecular weight excluding hydrogens is 370 g/mol. The van der Waals surface area contributed by atoms with Crippen LogP contribution in [0.5, 0.6) is 11.7 Å². The van der Waals surface area contributed by atoms with E-state index in [1.54, 1.807) is 6.07 Å². The highest BCUT2D eigenvalue weighted by Crippen LogP contribution is 2.30. The topological polar surface area (TPSA) is 77.8 Å². The number of amides is 1. The molecule has 1 aromatic heterocycles. The van der Waals surface area contributed by atoms with E-state index in [-0.39, 0.29) is 25.1 Å².